The van der Waals surface area contributed by atoms with Crippen LogP contribution in [0, 0.1) is 5.92 Å². The number of oxime groups is 1. The largest absolute Gasteiger partial charge is 0.390 e. The van der Waals surface area contributed by atoms with Crippen molar-refractivity contribution >= 4 is 5.71 Å². The summed E-state index contributed by atoms with van der Waals surface area (Å²) in [6.07, 6.45) is 0.191. The first-order valence-corrected chi connectivity index (χ1v) is 4.36. The molecule has 0 saturated heterocycles. The van der Waals surface area contributed by atoms with E-state index in [4.69, 9.17) is 10.6 Å². The fourth-order valence-corrected chi connectivity index (χ4v) is 1.15. The lowest BCUT2D eigenvalue weighted by Crippen LogP contribution is -2.34. The smallest absolute Gasteiger partial charge is 0.147 e. The quantitative estimate of drug-likeness (QED) is 0.583. The molecule has 2 atom stereocenters. The molecule has 0 amide bonds. The molecule has 0 spiro atoms. The summed E-state index contributed by atoms with van der Waals surface area (Å²) >= 11 is 0. The molecular formula is C8H17N3O. The molecule has 0 radical (unpaired) electrons. The fraction of sp³-hybridized carbons (Fsp3) is 0.875. The Hall–Kier alpha value is -0.610. The van der Waals surface area contributed by atoms with E-state index in [1.54, 1.807) is 0 Å². The van der Waals surface area contributed by atoms with Gasteiger partial charge >= 0.3 is 0 Å². The summed E-state index contributed by atoms with van der Waals surface area (Å²) in [6.45, 7) is 6.46. The molecule has 0 saturated carbocycles. The van der Waals surface area contributed by atoms with E-state index in [9.17, 15) is 0 Å². The van der Waals surface area contributed by atoms with Crippen molar-refractivity contribution in [2.75, 3.05) is 19.6 Å². The van der Waals surface area contributed by atoms with Crippen LogP contribution in [0.25, 0.3) is 0 Å². The minimum absolute atomic E-state index is 0.191. The number of nitrogens with zero attached hydrogens (tertiary/aromatic N) is 1. The Morgan fingerprint density at radius 3 is 2.92 bits per heavy atom. The van der Waals surface area contributed by atoms with Crippen LogP contribution in [0.5, 0.6) is 0 Å². The van der Waals surface area contributed by atoms with Crippen LogP contribution in [0.3, 0.4) is 0 Å². The van der Waals surface area contributed by atoms with Gasteiger partial charge in [0.2, 0.25) is 0 Å². The molecule has 1 aliphatic heterocycles. The van der Waals surface area contributed by atoms with Crippen molar-refractivity contribution in [3.8, 4) is 0 Å². The lowest BCUT2D eigenvalue weighted by atomic mass is 10.0. The van der Waals surface area contributed by atoms with Crippen molar-refractivity contribution in [1.29, 1.82) is 0 Å². The van der Waals surface area contributed by atoms with Crippen molar-refractivity contribution in [2.24, 2.45) is 16.8 Å². The van der Waals surface area contributed by atoms with E-state index in [1.165, 1.54) is 0 Å². The summed E-state index contributed by atoms with van der Waals surface area (Å²) in [5.41, 5.74) is 6.42. The summed E-state index contributed by atoms with van der Waals surface area (Å²) in [5, 5.41) is 7.13. The number of nitrogens with two attached hydrogens (primary N) is 1. The van der Waals surface area contributed by atoms with E-state index < -0.39 is 0 Å². The molecule has 1 heterocycles. The second-order valence-corrected chi connectivity index (χ2v) is 3.16. The summed E-state index contributed by atoms with van der Waals surface area (Å²) in [6, 6.07) is 0. The van der Waals surface area contributed by atoms with Gasteiger partial charge in [0.25, 0.3) is 0 Å². The van der Waals surface area contributed by atoms with Crippen LogP contribution in [0.1, 0.15) is 13.8 Å². The maximum Gasteiger partial charge on any atom is 0.147 e. The third-order valence-electron chi connectivity index (χ3n) is 2.22. The molecule has 70 valence electrons. The van der Waals surface area contributed by atoms with Gasteiger partial charge in [-0.1, -0.05) is 12.1 Å². The highest BCUT2D eigenvalue weighted by molar-refractivity contribution is 5.85. The van der Waals surface area contributed by atoms with E-state index in [1.807, 2.05) is 6.92 Å². The van der Waals surface area contributed by atoms with Crippen LogP contribution >= 0.6 is 0 Å². The van der Waals surface area contributed by atoms with E-state index in [2.05, 4.69) is 17.4 Å². The SMILES string of the molecule is CC1=NOC(CNCCN)C1C. The summed E-state index contributed by atoms with van der Waals surface area (Å²) in [7, 11) is 0. The molecule has 0 fully saturated rings. The van der Waals surface area contributed by atoms with Gasteiger partial charge in [0, 0.05) is 25.6 Å². The molecule has 2 unspecified atom stereocenters. The highest BCUT2D eigenvalue weighted by Crippen LogP contribution is 2.16. The van der Waals surface area contributed by atoms with Crippen molar-refractivity contribution in [1.82, 2.24) is 5.32 Å². The Labute approximate surface area is 73.1 Å². The number of hydrogen-bond donors (Lipinski definition) is 2. The molecule has 12 heavy (non-hydrogen) atoms. The molecular weight excluding hydrogens is 154 g/mol. The first-order chi connectivity index (χ1) is 5.75. The average Bonchev–Trinajstić information content (AvgIpc) is 2.36. The summed E-state index contributed by atoms with van der Waals surface area (Å²) < 4.78 is 0. The van der Waals surface area contributed by atoms with Crippen LogP contribution in [0.4, 0.5) is 0 Å². The van der Waals surface area contributed by atoms with Crippen molar-refractivity contribution in [3.63, 3.8) is 0 Å². The molecule has 0 aromatic heterocycles. The average molecular weight is 171 g/mol. The predicted molar refractivity (Wildman–Crippen MR) is 49.1 cm³/mol. The molecule has 1 aliphatic rings. The molecule has 4 nitrogen and oxygen atoms in total. The van der Waals surface area contributed by atoms with Crippen molar-refractivity contribution in [2.45, 2.75) is 20.0 Å². The highest BCUT2D eigenvalue weighted by atomic mass is 16.6. The van der Waals surface area contributed by atoms with E-state index >= 15 is 0 Å². The molecule has 0 bridgehead atoms. The monoisotopic (exact) mass is 171 g/mol. The minimum atomic E-state index is 0.191. The van der Waals surface area contributed by atoms with Gasteiger partial charge in [0.15, 0.2) is 0 Å². The summed E-state index contributed by atoms with van der Waals surface area (Å²) in [4.78, 5) is 5.21. The second-order valence-electron chi connectivity index (χ2n) is 3.16. The zero-order chi connectivity index (χ0) is 8.97. The molecule has 1 rings (SSSR count). The Morgan fingerprint density at radius 2 is 2.42 bits per heavy atom. The lowest BCUT2D eigenvalue weighted by Gasteiger charge is -2.13. The van der Waals surface area contributed by atoms with Gasteiger partial charge < -0.3 is 15.9 Å². The van der Waals surface area contributed by atoms with E-state index in [0.29, 0.717) is 12.5 Å². The maximum atomic E-state index is 5.34. The highest BCUT2D eigenvalue weighted by Gasteiger charge is 2.26. The number of rotatable bonds is 4. The maximum absolute atomic E-state index is 5.34. The lowest BCUT2D eigenvalue weighted by molar-refractivity contribution is 0.0658. The van der Waals surface area contributed by atoms with E-state index in [-0.39, 0.29) is 6.10 Å². The Morgan fingerprint density at radius 1 is 1.67 bits per heavy atom. The third-order valence-corrected chi connectivity index (χ3v) is 2.22. The zero-order valence-corrected chi connectivity index (χ0v) is 7.71. The van der Waals surface area contributed by atoms with Crippen molar-refractivity contribution < 1.29 is 4.84 Å². The van der Waals surface area contributed by atoms with Gasteiger partial charge in [0.05, 0.1) is 5.71 Å². The third kappa shape index (κ3) is 2.19. The molecule has 3 N–H and O–H groups in total. The Kier molecular flexibility index (Phi) is 3.49. The molecule has 0 aliphatic carbocycles. The first-order valence-electron chi connectivity index (χ1n) is 4.36. The van der Waals surface area contributed by atoms with Gasteiger partial charge in [-0.05, 0) is 6.92 Å². The van der Waals surface area contributed by atoms with Gasteiger partial charge in [-0.25, -0.2) is 0 Å². The van der Waals surface area contributed by atoms with Crippen LogP contribution < -0.4 is 11.1 Å². The van der Waals surface area contributed by atoms with Gasteiger partial charge in [-0.3, -0.25) is 0 Å². The zero-order valence-electron chi connectivity index (χ0n) is 7.71. The first kappa shape index (κ1) is 9.48. The summed E-state index contributed by atoms with van der Waals surface area (Å²) in [5.74, 6) is 0.426. The minimum Gasteiger partial charge on any atom is -0.390 e. The van der Waals surface area contributed by atoms with E-state index in [0.717, 1.165) is 18.8 Å². The molecule has 0 aromatic carbocycles. The van der Waals surface area contributed by atoms with Crippen LogP contribution in [-0.2, 0) is 4.84 Å². The van der Waals surface area contributed by atoms with Gasteiger partial charge in [-0.2, -0.15) is 0 Å². The molecule has 0 aromatic rings. The second kappa shape index (κ2) is 4.42. The topological polar surface area (TPSA) is 59.6 Å². The van der Waals surface area contributed by atoms with Gasteiger partial charge in [-0.15, -0.1) is 0 Å². The van der Waals surface area contributed by atoms with Crippen LogP contribution in [-0.4, -0.2) is 31.4 Å². The number of nitrogens with one attached hydrogen (secondary N) is 1. The number of hydrogen-bond acceptors (Lipinski definition) is 4. The van der Waals surface area contributed by atoms with Crippen molar-refractivity contribution in [3.05, 3.63) is 0 Å². The van der Waals surface area contributed by atoms with Gasteiger partial charge in [0.1, 0.15) is 6.10 Å². The Bertz CT molecular complexity index is 170. The Balaban J connectivity index is 2.19. The van der Waals surface area contributed by atoms with Crippen LogP contribution in [0.15, 0.2) is 5.16 Å². The fourth-order valence-electron chi connectivity index (χ4n) is 1.15. The normalized spacial score (nSPS) is 28.4. The van der Waals surface area contributed by atoms with Crippen LogP contribution in [0.2, 0.25) is 0 Å². The predicted octanol–water partition coefficient (Wildman–Crippen LogP) is -0.0545. The standard InChI is InChI=1S/C8H17N3O/c1-6-7(2)11-12-8(6)5-10-4-3-9/h6,8,10H,3-5,9H2,1-2H3. The molecule has 4 heteroatoms.